The minimum Gasteiger partial charge on any atom is -0.396 e. The molecule has 1 saturated carbocycles. The molecule has 4 nitrogen and oxygen atoms in total. The van der Waals surface area contributed by atoms with Crippen molar-refractivity contribution in [1.82, 2.24) is 5.32 Å². The smallest absolute Gasteiger partial charge is 0.263 e. The van der Waals surface area contributed by atoms with Crippen molar-refractivity contribution >= 4 is 39.7 Å². The molecule has 0 unspecified atom stereocenters. The second-order valence-electron chi connectivity index (χ2n) is 6.10. The van der Waals surface area contributed by atoms with Gasteiger partial charge in [-0.05, 0) is 37.9 Å². The topological polar surface area (TPSA) is 58.4 Å². The Morgan fingerprint density at radius 1 is 1.33 bits per heavy atom. The van der Waals surface area contributed by atoms with E-state index in [4.69, 9.17) is 5.73 Å². The second-order valence-corrected chi connectivity index (χ2v) is 7.92. The van der Waals surface area contributed by atoms with E-state index in [0.717, 1.165) is 36.7 Å². The zero-order valence-corrected chi connectivity index (χ0v) is 14.3. The summed E-state index contributed by atoms with van der Waals surface area (Å²) < 4.78 is 0. The summed E-state index contributed by atoms with van der Waals surface area (Å²) in [4.78, 5) is 16.5. The number of carbonyl (C=O) groups excluding carboxylic acids is 1. The van der Waals surface area contributed by atoms with Crippen LogP contribution >= 0.6 is 23.1 Å². The van der Waals surface area contributed by atoms with Crippen LogP contribution in [0.15, 0.2) is 4.90 Å². The molecule has 1 aromatic rings. The third-order valence-electron chi connectivity index (χ3n) is 4.28. The first kappa shape index (κ1) is 15.0. The average Bonchev–Trinajstić information content (AvgIpc) is 3.21. The summed E-state index contributed by atoms with van der Waals surface area (Å²) in [5, 5.41) is 4.24. The van der Waals surface area contributed by atoms with Gasteiger partial charge in [-0.2, -0.15) is 0 Å². The summed E-state index contributed by atoms with van der Waals surface area (Å²) in [5.74, 6) is 0.806. The highest BCUT2D eigenvalue weighted by atomic mass is 32.2. The molecule has 6 heteroatoms. The van der Waals surface area contributed by atoms with Crippen molar-refractivity contribution < 1.29 is 4.79 Å². The highest BCUT2D eigenvalue weighted by molar-refractivity contribution is 7.99. The van der Waals surface area contributed by atoms with Crippen molar-refractivity contribution in [2.45, 2.75) is 43.5 Å². The third-order valence-corrected chi connectivity index (χ3v) is 6.49. The summed E-state index contributed by atoms with van der Waals surface area (Å²) in [6, 6.07) is 0.371. The molecule has 3 rings (SSSR count). The van der Waals surface area contributed by atoms with Crippen molar-refractivity contribution in [3.8, 4) is 0 Å². The largest absolute Gasteiger partial charge is 0.396 e. The number of nitrogen functional groups attached to an aromatic ring is 1. The van der Waals surface area contributed by atoms with E-state index in [9.17, 15) is 4.79 Å². The maximum Gasteiger partial charge on any atom is 0.263 e. The lowest BCUT2D eigenvalue weighted by Gasteiger charge is -2.31. The number of anilines is 2. The molecule has 1 aliphatic carbocycles. The van der Waals surface area contributed by atoms with Crippen LogP contribution in [0.3, 0.4) is 0 Å². The van der Waals surface area contributed by atoms with Crippen LogP contribution in [0, 0.1) is 5.92 Å². The van der Waals surface area contributed by atoms with Gasteiger partial charge in [0.15, 0.2) is 0 Å². The zero-order chi connectivity index (χ0) is 15.0. The first-order valence-electron chi connectivity index (χ1n) is 7.62. The van der Waals surface area contributed by atoms with E-state index in [1.54, 1.807) is 23.1 Å². The van der Waals surface area contributed by atoms with E-state index in [-0.39, 0.29) is 5.91 Å². The fraction of sp³-hybridized carbons (Fsp3) is 0.667. The molecule has 2 fully saturated rings. The van der Waals surface area contributed by atoms with Crippen molar-refractivity contribution in [2.75, 3.05) is 30.0 Å². The van der Waals surface area contributed by atoms with Gasteiger partial charge in [0.05, 0.1) is 10.6 Å². The maximum atomic E-state index is 12.3. The predicted molar refractivity (Wildman–Crippen MR) is 91.6 cm³/mol. The van der Waals surface area contributed by atoms with E-state index in [2.05, 4.69) is 17.1 Å². The van der Waals surface area contributed by atoms with Gasteiger partial charge in [0.25, 0.3) is 5.91 Å². The summed E-state index contributed by atoms with van der Waals surface area (Å²) in [7, 11) is 0. The van der Waals surface area contributed by atoms with Crippen LogP contribution in [0.25, 0.3) is 0 Å². The SMILES string of the molecule is CSc1c(N2CCC(C)CC2)sc(C(=O)NC2CC2)c1N. The highest BCUT2D eigenvalue weighted by Crippen LogP contribution is 2.45. The number of nitrogens with two attached hydrogens (primary N) is 1. The number of hydrogen-bond acceptors (Lipinski definition) is 5. The summed E-state index contributed by atoms with van der Waals surface area (Å²) in [6.07, 6.45) is 6.67. The van der Waals surface area contributed by atoms with Gasteiger partial charge in [0.2, 0.25) is 0 Å². The van der Waals surface area contributed by atoms with Gasteiger partial charge in [0, 0.05) is 19.1 Å². The summed E-state index contributed by atoms with van der Waals surface area (Å²) in [6.45, 7) is 4.45. The second kappa shape index (κ2) is 6.08. The Hall–Kier alpha value is -0.880. The van der Waals surface area contributed by atoms with Gasteiger partial charge in [0.1, 0.15) is 9.88 Å². The third kappa shape index (κ3) is 3.16. The van der Waals surface area contributed by atoms with Crippen LogP contribution in [0.2, 0.25) is 0 Å². The molecular formula is C15H23N3OS2. The number of thioether (sulfide) groups is 1. The standard InChI is InChI=1S/C15H23N3OS2/c1-9-5-7-18(8-6-9)15-13(20-2)11(16)12(21-15)14(19)17-10-3-4-10/h9-10H,3-8,16H2,1-2H3,(H,17,19). The minimum absolute atomic E-state index is 0.00641. The number of thiophene rings is 1. The molecule has 0 bridgehead atoms. The predicted octanol–water partition coefficient (Wildman–Crippen LogP) is 3.18. The average molecular weight is 326 g/mol. The Bertz CT molecular complexity index is 531. The van der Waals surface area contributed by atoms with Crippen molar-refractivity contribution in [1.29, 1.82) is 0 Å². The maximum absolute atomic E-state index is 12.3. The van der Waals surface area contributed by atoms with Gasteiger partial charge in [-0.1, -0.05) is 6.92 Å². The van der Waals surface area contributed by atoms with E-state index in [1.165, 1.54) is 17.8 Å². The molecule has 1 saturated heterocycles. The van der Waals surface area contributed by atoms with Gasteiger partial charge >= 0.3 is 0 Å². The number of carbonyl (C=O) groups is 1. The van der Waals surface area contributed by atoms with Crippen LogP contribution in [0.1, 0.15) is 42.3 Å². The first-order valence-corrected chi connectivity index (χ1v) is 9.66. The quantitative estimate of drug-likeness (QED) is 0.835. The van der Waals surface area contributed by atoms with Crippen LogP contribution in [-0.4, -0.2) is 31.3 Å². The van der Waals surface area contributed by atoms with Crippen molar-refractivity contribution in [2.24, 2.45) is 5.92 Å². The van der Waals surface area contributed by atoms with E-state index in [0.29, 0.717) is 16.6 Å². The van der Waals surface area contributed by atoms with Crippen molar-refractivity contribution in [3.05, 3.63) is 4.88 Å². The van der Waals surface area contributed by atoms with Crippen LogP contribution in [0.4, 0.5) is 10.7 Å². The van der Waals surface area contributed by atoms with E-state index in [1.807, 2.05) is 6.26 Å². The van der Waals surface area contributed by atoms with E-state index < -0.39 is 0 Å². The van der Waals surface area contributed by atoms with Gasteiger partial charge in [-0.15, -0.1) is 23.1 Å². The molecular weight excluding hydrogens is 302 g/mol. The molecule has 2 heterocycles. The lowest BCUT2D eigenvalue weighted by atomic mass is 9.99. The van der Waals surface area contributed by atoms with Crippen molar-refractivity contribution in [3.63, 3.8) is 0 Å². The van der Waals surface area contributed by atoms with Crippen LogP contribution in [-0.2, 0) is 0 Å². The molecule has 3 N–H and O–H groups in total. The summed E-state index contributed by atoms with van der Waals surface area (Å²) >= 11 is 3.22. The molecule has 1 aromatic heterocycles. The van der Waals surface area contributed by atoms with E-state index >= 15 is 0 Å². The van der Waals surface area contributed by atoms with Gasteiger partial charge in [-0.25, -0.2) is 0 Å². The number of amides is 1. The molecule has 0 aromatic carbocycles. The number of piperidine rings is 1. The lowest BCUT2D eigenvalue weighted by Crippen LogP contribution is -2.32. The Balaban J connectivity index is 1.83. The highest BCUT2D eigenvalue weighted by Gasteiger charge is 2.29. The molecule has 0 atom stereocenters. The molecule has 2 aliphatic rings. The molecule has 21 heavy (non-hydrogen) atoms. The zero-order valence-electron chi connectivity index (χ0n) is 12.6. The summed E-state index contributed by atoms with van der Waals surface area (Å²) in [5.41, 5.74) is 6.91. The molecule has 1 amide bonds. The fourth-order valence-corrected chi connectivity index (χ4v) is 4.82. The number of rotatable bonds is 4. The molecule has 116 valence electrons. The monoisotopic (exact) mass is 325 g/mol. The lowest BCUT2D eigenvalue weighted by molar-refractivity contribution is 0.0956. The number of nitrogens with zero attached hydrogens (tertiary/aromatic N) is 1. The molecule has 0 radical (unpaired) electrons. The Morgan fingerprint density at radius 3 is 2.57 bits per heavy atom. The van der Waals surface area contributed by atoms with Crippen LogP contribution < -0.4 is 16.0 Å². The Labute approximate surface area is 134 Å². The van der Waals surface area contributed by atoms with Gasteiger partial charge < -0.3 is 16.0 Å². The Kier molecular flexibility index (Phi) is 4.36. The normalized spacial score (nSPS) is 19.8. The first-order chi connectivity index (χ1) is 10.1. The van der Waals surface area contributed by atoms with Crippen LogP contribution in [0.5, 0.6) is 0 Å². The fourth-order valence-electron chi connectivity index (χ4n) is 2.68. The Morgan fingerprint density at radius 2 is 2.00 bits per heavy atom. The van der Waals surface area contributed by atoms with Gasteiger partial charge in [-0.3, -0.25) is 4.79 Å². The molecule has 0 spiro atoms. The minimum atomic E-state index is 0.00641. The molecule has 1 aliphatic heterocycles. The number of nitrogens with one attached hydrogen (secondary N) is 1. The number of hydrogen-bond donors (Lipinski definition) is 2.